The molecule has 0 spiro atoms. The molecular weight excluding hydrogens is 362 g/mol. The standard InChI is InChI=1S/C19H21N5O2S/c1-14(16-6-4-3-5-7-16)20-18(25)13-27-19-21-22-23-24(19)12-15-8-10-17(26-2)11-9-15/h3-11,14H,12-13H2,1-2H3,(H,20,25). The quantitative estimate of drug-likeness (QED) is 0.602. The van der Waals surface area contributed by atoms with E-state index >= 15 is 0 Å². The molecule has 0 aliphatic heterocycles. The van der Waals surface area contributed by atoms with Gasteiger partial charge in [-0.05, 0) is 40.6 Å². The minimum absolute atomic E-state index is 0.0467. The Bertz CT molecular complexity index is 867. The lowest BCUT2D eigenvalue weighted by Gasteiger charge is -2.14. The maximum Gasteiger partial charge on any atom is 0.230 e. The van der Waals surface area contributed by atoms with Crippen molar-refractivity contribution in [3.05, 3.63) is 65.7 Å². The number of hydrogen-bond donors (Lipinski definition) is 1. The van der Waals surface area contributed by atoms with E-state index in [9.17, 15) is 4.79 Å². The smallest absolute Gasteiger partial charge is 0.230 e. The normalized spacial score (nSPS) is 11.8. The van der Waals surface area contributed by atoms with Gasteiger partial charge in [0.1, 0.15) is 5.75 Å². The third kappa shape index (κ3) is 5.30. The third-order valence-electron chi connectivity index (χ3n) is 4.00. The van der Waals surface area contributed by atoms with E-state index in [1.807, 2.05) is 61.5 Å². The molecule has 1 N–H and O–H groups in total. The maximum absolute atomic E-state index is 12.2. The second-order valence-corrected chi connectivity index (χ2v) is 6.90. The highest BCUT2D eigenvalue weighted by Crippen LogP contribution is 2.17. The fourth-order valence-electron chi connectivity index (χ4n) is 2.54. The predicted molar refractivity (Wildman–Crippen MR) is 104 cm³/mol. The van der Waals surface area contributed by atoms with Crippen LogP contribution in [0.5, 0.6) is 5.75 Å². The number of ether oxygens (including phenoxy) is 1. The second-order valence-electron chi connectivity index (χ2n) is 5.96. The number of nitrogens with zero attached hydrogens (tertiary/aromatic N) is 4. The van der Waals surface area contributed by atoms with Crippen LogP contribution in [0.1, 0.15) is 24.1 Å². The Morgan fingerprint density at radius 3 is 2.63 bits per heavy atom. The molecule has 1 amide bonds. The van der Waals surface area contributed by atoms with Crippen molar-refractivity contribution in [2.24, 2.45) is 0 Å². The molecule has 0 saturated carbocycles. The van der Waals surface area contributed by atoms with Gasteiger partial charge in [0.15, 0.2) is 0 Å². The van der Waals surface area contributed by atoms with Crippen LogP contribution in [0.3, 0.4) is 0 Å². The van der Waals surface area contributed by atoms with Gasteiger partial charge < -0.3 is 10.1 Å². The zero-order valence-corrected chi connectivity index (χ0v) is 16.0. The summed E-state index contributed by atoms with van der Waals surface area (Å²) in [5.74, 6) is 0.991. The van der Waals surface area contributed by atoms with E-state index in [1.54, 1.807) is 11.8 Å². The van der Waals surface area contributed by atoms with Crippen LogP contribution in [-0.4, -0.2) is 39.0 Å². The van der Waals surface area contributed by atoms with Crippen molar-refractivity contribution in [3.8, 4) is 5.75 Å². The average Bonchev–Trinajstić information content (AvgIpc) is 3.14. The first-order valence-electron chi connectivity index (χ1n) is 8.52. The number of aromatic nitrogens is 4. The molecule has 3 aromatic rings. The fourth-order valence-corrected chi connectivity index (χ4v) is 3.23. The largest absolute Gasteiger partial charge is 0.497 e. The lowest BCUT2D eigenvalue weighted by atomic mass is 10.1. The molecular formula is C19H21N5O2S. The minimum atomic E-state index is -0.0599. The van der Waals surface area contributed by atoms with Crippen LogP contribution in [-0.2, 0) is 11.3 Å². The van der Waals surface area contributed by atoms with E-state index in [1.165, 1.54) is 11.8 Å². The molecule has 1 atom stereocenters. The summed E-state index contributed by atoms with van der Waals surface area (Å²) >= 11 is 1.32. The number of hydrogen-bond acceptors (Lipinski definition) is 6. The van der Waals surface area contributed by atoms with E-state index in [0.29, 0.717) is 11.7 Å². The van der Waals surface area contributed by atoms with Crippen LogP contribution in [0.2, 0.25) is 0 Å². The van der Waals surface area contributed by atoms with Crippen LogP contribution in [0.15, 0.2) is 59.8 Å². The number of rotatable bonds is 8. The fraction of sp³-hybridized carbons (Fsp3) is 0.263. The van der Waals surface area contributed by atoms with E-state index < -0.39 is 0 Å². The third-order valence-corrected chi connectivity index (χ3v) is 4.96. The van der Waals surface area contributed by atoms with Crippen molar-refractivity contribution < 1.29 is 9.53 Å². The summed E-state index contributed by atoms with van der Waals surface area (Å²) in [5, 5.41) is 15.3. The number of carbonyl (C=O) groups excluding carboxylic acids is 1. The number of amides is 1. The molecule has 0 aliphatic rings. The first-order chi connectivity index (χ1) is 13.2. The monoisotopic (exact) mass is 383 g/mol. The first kappa shape index (κ1) is 18.9. The van der Waals surface area contributed by atoms with Crippen LogP contribution < -0.4 is 10.1 Å². The summed E-state index contributed by atoms with van der Waals surface area (Å²) in [4.78, 5) is 12.2. The Balaban J connectivity index is 1.54. The van der Waals surface area contributed by atoms with Crippen LogP contribution in [0, 0.1) is 0 Å². The maximum atomic E-state index is 12.2. The highest BCUT2D eigenvalue weighted by Gasteiger charge is 2.13. The second kappa shape index (κ2) is 9.18. The van der Waals surface area contributed by atoms with Gasteiger partial charge in [0, 0.05) is 0 Å². The molecule has 140 valence electrons. The average molecular weight is 383 g/mol. The summed E-state index contributed by atoms with van der Waals surface area (Å²) in [5.41, 5.74) is 2.12. The molecule has 0 saturated heterocycles. The van der Waals surface area contributed by atoms with Crippen LogP contribution >= 0.6 is 11.8 Å². The number of nitrogens with one attached hydrogen (secondary N) is 1. The van der Waals surface area contributed by atoms with Gasteiger partial charge >= 0.3 is 0 Å². The number of thioether (sulfide) groups is 1. The number of carbonyl (C=O) groups is 1. The SMILES string of the molecule is COc1ccc(Cn2nnnc2SCC(=O)NC(C)c2ccccc2)cc1. The summed E-state index contributed by atoms with van der Waals surface area (Å²) in [6.07, 6.45) is 0. The van der Waals surface area contributed by atoms with Crippen molar-refractivity contribution in [2.75, 3.05) is 12.9 Å². The first-order valence-corrected chi connectivity index (χ1v) is 9.50. The van der Waals surface area contributed by atoms with Crippen molar-refractivity contribution in [1.29, 1.82) is 0 Å². The molecule has 0 aliphatic carbocycles. The summed E-state index contributed by atoms with van der Waals surface area (Å²) < 4.78 is 6.84. The number of benzene rings is 2. The van der Waals surface area contributed by atoms with E-state index in [0.717, 1.165) is 16.9 Å². The molecule has 1 unspecified atom stereocenters. The zero-order chi connectivity index (χ0) is 19.1. The highest BCUT2D eigenvalue weighted by molar-refractivity contribution is 7.99. The van der Waals surface area contributed by atoms with Gasteiger partial charge in [-0.25, -0.2) is 4.68 Å². The summed E-state index contributed by atoms with van der Waals surface area (Å²) in [6.45, 7) is 2.49. The lowest BCUT2D eigenvalue weighted by Crippen LogP contribution is -2.28. The van der Waals surface area contributed by atoms with Crippen molar-refractivity contribution >= 4 is 17.7 Å². The number of methoxy groups -OCH3 is 1. The van der Waals surface area contributed by atoms with E-state index in [4.69, 9.17) is 4.74 Å². The topological polar surface area (TPSA) is 81.9 Å². The van der Waals surface area contributed by atoms with Crippen LogP contribution in [0.4, 0.5) is 0 Å². The van der Waals surface area contributed by atoms with Gasteiger partial charge in [-0.1, -0.05) is 54.2 Å². The van der Waals surface area contributed by atoms with Gasteiger partial charge in [-0.15, -0.1) is 5.10 Å². The molecule has 27 heavy (non-hydrogen) atoms. The number of tetrazole rings is 1. The van der Waals surface area contributed by atoms with E-state index in [-0.39, 0.29) is 17.7 Å². The Labute approximate surface area is 162 Å². The molecule has 3 rings (SSSR count). The van der Waals surface area contributed by atoms with Gasteiger partial charge in [-0.2, -0.15) is 0 Å². The lowest BCUT2D eigenvalue weighted by molar-refractivity contribution is -0.119. The molecule has 8 heteroatoms. The molecule has 0 bridgehead atoms. The van der Waals surface area contributed by atoms with Crippen molar-refractivity contribution in [1.82, 2.24) is 25.5 Å². The molecule has 0 radical (unpaired) electrons. The van der Waals surface area contributed by atoms with Crippen molar-refractivity contribution in [3.63, 3.8) is 0 Å². The Hall–Kier alpha value is -2.87. The molecule has 0 fully saturated rings. The molecule has 7 nitrogen and oxygen atoms in total. The minimum Gasteiger partial charge on any atom is -0.497 e. The molecule has 1 aromatic heterocycles. The van der Waals surface area contributed by atoms with Gasteiger partial charge in [0.05, 0.1) is 25.4 Å². The van der Waals surface area contributed by atoms with Gasteiger partial charge in [0.25, 0.3) is 0 Å². The van der Waals surface area contributed by atoms with Gasteiger partial charge in [0.2, 0.25) is 11.1 Å². The summed E-state index contributed by atoms with van der Waals surface area (Å²) in [7, 11) is 1.63. The van der Waals surface area contributed by atoms with Crippen LogP contribution in [0.25, 0.3) is 0 Å². The van der Waals surface area contributed by atoms with E-state index in [2.05, 4.69) is 20.8 Å². The Morgan fingerprint density at radius 2 is 1.93 bits per heavy atom. The highest BCUT2D eigenvalue weighted by atomic mass is 32.2. The molecule has 2 aromatic carbocycles. The predicted octanol–water partition coefficient (Wildman–Crippen LogP) is 2.70. The molecule has 1 heterocycles. The van der Waals surface area contributed by atoms with Crippen molar-refractivity contribution in [2.45, 2.75) is 24.7 Å². The Kier molecular flexibility index (Phi) is 6.43. The zero-order valence-electron chi connectivity index (χ0n) is 15.2. The Morgan fingerprint density at radius 1 is 1.19 bits per heavy atom. The van der Waals surface area contributed by atoms with Gasteiger partial charge in [-0.3, -0.25) is 4.79 Å². The summed E-state index contributed by atoms with van der Waals surface area (Å²) in [6, 6.07) is 17.5.